The lowest BCUT2D eigenvalue weighted by Crippen LogP contribution is -2.22. The first-order chi connectivity index (χ1) is 14.7. The molecule has 4 aromatic rings. The molecular weight excluding hydrogens is 376 g/mol. The predicted molar refractivity (Wildman–Crippen MR) is 117 cm³/mol. The number of benzene rings is 3. The van der Waals surface area contributed by atoms with Crippen LogP contribution in [0.2, 0.25) is 0 Å². The number of fused-ring (bicyclic) bond motifs is 1. The van der Waals surface area contributed by atoms with Crippen LogP contribution in [0.4, 0.5) is 0 Å². The molecule has 152 valence electrons. The summed E-state index contributed by atoms with van der Waals surface area (Å²) < 4.78 is 11.3. The van der Waals surface area contributed by atoms with Crippen LogP contribution in [-0.4, -0.2) is 17.5 Å². The van der Waals surface area contributed by atoms with E-state index in [9.17, 15) is 4.79 Å². The summed E-state index contributed by atoms with van der Waals surface area (Å²) in [5, 5.41) is 2.94. The van der Waals surface area contributed by atoms with Gasteiger partial charge in [-0.05, 0) is 54.8 Å². The molecule has 0 fully saturated rings. The maximum Gasteiger partial charge on any atom is 0.251 e. The average molecular weight is 400 g/mol. The van der Waals surface area contributed by atoms with Crippen molar-refractivity contribution in [1.82, 2.24) is 10.3 Å². The van der Waals surface area contributed by atoms with Gasteiger partial charge in [-0.15, -0.1) is 0 Å². The number of rotatable bonds is 8. The molecule has 1 N–H and O–H groups in total. The number of carbonyl (C=O) groups excluding carboxylic acids is 1. The molecule has 0 aliphatic rings. The first kappa shape index (κ1) is 19.7. The highest BCUT2D eigenvalue weighted by molar-refractivity contribution is 5.97. The van der Waals surface area contributed by atoms with Crippen molar-refractivity contribution in [2.24, 2.45) is 0 Å². The molecule has 0 atom stereocenters. The maximum absolute atomic E-state index is 12.6. The maximum atomic E-state index is 12.6. The number of aromatic nitrogens is 1. The summed E-state index contributed by atoms with van der Waals surface area (Å²) in [7, 11) is 0. The minimum atomic E-state index is -0.145. The third kappa shape index (κ3) is 4.87. The molecule has 0 aliphatic heterocycles. The molecule has 5 heteroatoms. The van der Waals surface area contributed by atoms with Gasteiger partial charge in [-0.3, -0.25) is 4.79 Å². The number of amides is 1. The van der Waals surface area contributed by atoms with Crippen molar-refractivity contribution in [3.63, 3.8) is 0 Å². The highest BCUT2D eigenvalue weighted by atomic mass is 16.5. The van der Waals surface area contributed by atoms with Gasteiger partial charge in [0.1, 0.15) is 11.3 Å². The summed E-state index contributed by atoms with van der Waals surface area (Å²) in [4.78, 5) is 17.1. The number of aryl methyl sites for hydroxylation is 2. The van der Waals surface area contributed by atoms with Gasteiger partial charge in [0.25, 0.3) is 5.91 Å². The van der Waals surface area contributed by atoms with Gasteiger partial charge >= 0.3 is 0 Å². The SMILES string of the molecule is CCOc1ccc(CNC(=O)c2ccc3nc(CCc4ccccc4)oc3c2)cc1. The van der Waals surface area contributed by atoms with Crippen LogP contribution < -0.4 is 10.1 Å². The Balaban J connectivity index is 1.38. The van der Waals surface area contributed by atoms with E-state index in [0.29, 0.717) is 30.2 Å². The van der Waals surface area contributed by atoms with Crippen LogP contribution in [0.15, 0.2) is 77.2 Å². The van der Waals surface area contributed by atoms with E-state index in [1.54, 1.807) is 12.1 Å². The van der Waals surface area contributed by atoms with Gasteiger partial charge in [0.15, 0.2) is 11.5 Å². The van der Waals surface area contributed by atoms with Crippen molar-refractivity contribution in [3.8, 4) is 5.75 Å². The van der Waals surface area contributed by atoms with Gasteiger partial charge in [-0.1, -0.05) is 42.5 Å². The number of hydrogen-bond donors (Lipinski definition) is 1. The highest BCUT2D eigenvalue weighted by Crippen LogP contribution is 2.19. The van der Waals surface area contributed by atoms with Crippen LogP contribution in [0.3, 0.4) is 0 Å². The standard InChI is InChI=1S/C25H24N2O3/c1-2-29-21-12-8-19(9-13-21)17-26-25(28)20-11-14-22-23(16-20)30-24(27-22)15-10-18-6-4-3-5-7-18/h3-9,11-14,16H,2,10,15,17H2,1H3,(H,26,28). The van der Waals surface area contributed by atoms with Crippen LogP contribution in [0, 0.1) is 0 Å². The monoisotopic (exact) mass is 400 g/mol. The van der Waals surface area contributed by atoms with Crippen molar-refractivity contribution < 1.29 is 13.9 Å². The van der Waals surface area contributed by atoms with Crippen LogP contribution in [-0.2, 0) is 19.4 Å². The Morgan fingerprint density at radius 1 is 0.967 bits per heavy atom. The van der Waals surface area contributed by atoms with Crippen LogP contribution in [0.5, 0.6) is 5.75 Å². The number of nitrogens with one attached hydrogen (secondary N) is 1. The van der Waals surface area contributed by atoms with E-state index in [1.165, 1.54) is 5.56 Å². The number of nitrogens with zero attached hydrogens (tertiary/aromatic N) is 1. The summed E-state index contributed by atoms with van der Waals surface area (Å²) in [6, 6.07) is 23.3. The summed E-state index contributed by atoms with van der Waals surface area (Å²) in [6.45, 7) is 3.03. The van der Waals surface area contributed by atoms with E-state index in [2.05, 4.69) is 22.4 Å². The lowest BCUT2D eigenvalue weighted by molar-refractivity contribution is 0.0951. The quantitative estimate of drug-likeness (QED) is 0.455. The van der Waals surface area contributed by atoms with Gasteiger partial charge < -0.3 is 14.5 Å². The molecule has 30 heavy (non-hydrogen) atoms. The van der Waals surface area contributed by atoms with E-state index in [1.807, 2.05) is 55.5 Å². The smallest absolute Gasteiger partial charge is 0.251 e. The fourth-order valence-electron chi connectivity index (χ4n) is 3.27. The van der Waals surface area contributed by atoms with E-state index < -0.39 is 0 Å². The lowest BCUT2D eigenvalue weighted by Gasteiger charge is -2.07. The lowest BCUT2D eigenvalue weighted by atomic mass is 10.1. The van der Waals surface area contributed by atoms with E-state index in [0.717, 1.165) is 29.7 Å². The minimum absolute atomic E-state index is 0.145. The zero-order valence-electron chi connectivity index (χ0n) is 16.9. The average Bonchev–Trinajstić information content (AvgIpc) is 3.20. The van der Waals surface area contributed by atoms with E-state index in [4.69, 9.17) is 9.15 Å². The fraction of sp³-hybridized carbons (Fsp3) is 0.200. The second-order valence-electron chi connectivity index (χ2n) is 7.04. The number of ether oxygens (including phenoxy) is 1. The fourth-order valence-corrected chi connectivity index (χ4v) is 3.27. The molecule has 4 rings (SSSR count). The molecule has 0 radical (unpaired) electrons. The largest absolute Gasteiger partial charge is 0.494 e. The highest BCUT2D eigenvalue weighted by Gasteiger charge is 2.11. The molecule has 3 aromatic carbocycles. The first-order valence-corrected chi connectivity index (χ1v) is 10.1. The molecule has 0 saturated carbocycles. The predicted octanol–water partition coefficient (Wildman–Crippen LogP) is 4.94. The third-order valence-electron chi connectivity index (χ3n) is 4.85. The Morgan fingerprint density at radius 3 is 2.53 bits per heavy atom. The molecule has 0 aliphatic carbocycles. The van der Waals surface area contributed by atoms with Crippen molar-refractivity contribution >= 4 is 17.0 Å². The second kappa shape index (κ2) is 9.27. The Kier molecular flexibility index (Phi) is 6.09. The molecule has 5 nitrogen and oxygen atoms in total. The van der Waals surface area contributed by atoms with Crippen LogP contribution in [0.1, 0.15) is 34.3 Å². The van der Waals surface area contributed by atoms with Crippen molar-refractivity contribution in [1.29, 1.82) is 0 Å². The molecule has 0 unspecified atom stereocenters. The summed E-state index contributed by atoms with van der Waals surface area (Å²) in [5.41, 5.74) is 4.21. The zero-order valence-corrected chi connectivity index (χ0v) is 16.9. The van der Waals surface area contributed by atoms with Crippen molar-refractivity contribution in [2.75, 3.05) is 6.61 Å². The molecule has 1 heterocycles. The molecule has 0 spiro atoms. The molecule has 1 amide bonds. The van der Waals surface area contributed by atoms with E-state index in [-0.39, 0.29) is 5.91 Å². The van der Waals surface area contributed by atoms with Gasteiger partial charge in [0, 0.05) is 18.5 Å². The molecular formula is C25H24N2O3. The topological polar surface area (TPSA) is 64.4 Å². The molecule has 0 saturated heterocycles. The van der Waals surface area contributed by atoms with Crippen molar-refractivity contribution in [3.05, 3.63) is 95.4 Å². The Labute approximate surface area is 175 Å². The minimum Gasteiger partial charge on any atom is -0.494 e. The van der Waals surface area contributed by atoms with Gasteiger partial charge in [0.05, 0.1) is 6.61 Å². The zero-order chi connectivity index (χ0) is 20.8. The summed E-state index contributed by atoms with van der Waals surface area (Å²) in [6.07, 6.45) is 1.58. The summed E-state index contributed by atoms with van der Waals surface area (Å²) >= 11 is 0. The van der Waals surface area contributed by atoms with Crippen molar-refractivity contribution in [2.45, 2.75) is 26.3 Å². The Morgan fingerprint density at radius 2 is 1.77 bits per heavy atom. The summed E-state index contributed by atoms with van der Waals surface area (Å²) in [5.74, 6) is 1.36. The Bertz CT molecular complexity index is 1120. The molecule has 1 aromatic heterocycles. The van der Waals surface area contributed by atoms with Gasteiger partial charge in [0.2, 0.25) is 0 Å². The third-order valence-corrected chi connectivity index (χ3v) is 4.85. The first-order valence-electron chi connectivity index (χ1n) is 10.1. The number of carbonyl (C=O) groups is 1. The van der Waals surface area contributed by atoms with Crippen LogP contribution in [0.25, 0.3) is 11.1 Å². The van der Waals surface area contributed by atoms with Gasteiger partial charge in [-0.2, -0.15) is 0 Å². The van der Waals surface area contributed by atoms with Crippen LogP contribution >= 0.6 is 0 Å². The molecule has 0 bridgehead atoms. The van der Waals surface area contributed by atoms with Gasteiger partial charge in [-0.25, -0.2) is 4.98 Å². The number of hydrogen-bond acceptors (Lipinski definition) is 4. The van der Waals surface area contributed by atoms with E-state index >= 15 is 0 Å². The second-order valence-corrected chi connectivity index (χ2v) is 7.04. The Hall–Kier alpha value is -3.60. The number of oxazole rings is 1. The normalized spacial score (nSPS) is 10.8.